The molecule has 1 saturated carbocycles. The molecule has 1 aliphatic rings. The first-order valence-electron chi connectivity index (χ1n) is 12.2. The van der Waals surface area contributed by atoms with Gasteiger partial charge in [-0.2, -0.15) is 8.78 Å². The lowest BCUT2D eigenvalue weighted by Crippen LogP contribution is -2.29. The van der Waals surface area contributed by atoms with Gasteiger partial charge in [-0.3, -0.25) is 24.5 Å². The second-order valence-electron chi connectivity index (χ2n) is 9.73. The fourth-order valence-electron chi connectivity index (χ4n) is 4.04. The largest absolute Gasteiger partial charge is 0.344 e. The summed E-state index contributed by atoms with van der Waals surface area (Å²) in [6, 6.07) is 4.95. The Morgan fingerprint density at radius 2 is 1.72 bits per heavy atom. The Kier molecular flexibility index (Phi) is 8.24. The molecule has 0 bridgehead atoms. The zero-order valence-corrected chi connectivity index (χ0v) is 23.5. The van der Waals surface area contributed by atoms with E-state index in [9.17, 15) is 27.2 Å². The first-order valence-corrected chi connectivity index (χ1v) is 13.3. The number of hydrogen-bond donors (Lipinski definition) is 1. The lowest BCUT2D eigenvalue weighted by Gasteiger charge is -2.19. The van der Waals surface area contributed by atoms with Crippen LogP contribution >= 0.6 is 22.6 Å². The van der Waals surface area contributed by atoms with Crippen molar-refractivity contribution in [2.45, 2.75) is 42.6 Å². The Balaban J connectivity index is 1.56. The van der Waals surface area contributed by atoms with Gasteiger partial charge in [-0.15, -0.1) is 0 Å². The highest BCUT2D eigenvalue weighted by atomic mass is 127. The van der Waals surface area contributed by atoms with Gasteiger partial charge < -0.3 is 10.2 Å². The molecule has 0 spiro atoms. The van der Waals surface area contributed by atoms with Crippen LogP contribution in [0.15, 0.2) is 48.9 Å². The summed E-state index contributed by atoms with van der Waals surface area (Å²) in [4.78, 5) is 40.3. The number of amides is 2. The molecule has 1 N–H and O–H groups in total. The number of aromatic nitrogens is 3. The fourth-order valence-corrected chi connectivity index (χ4v) is 4.35. The summed E-state index contributed by atoms with van der Waals surface area (Å²) >= 11 is 0.831. The van der Waals surface area contributed by atoms with Gasteiger partial charge in [0.15, 0.2) is 0 Å². The molecule has 3 aromatic rings. The number of pyridine rings is 1. The molecule has 2 amide bonds. The fraction of sp³-hybridized carbons (Fsp3) is 0.370. The van der Waals surface area contributed by atoms with E-state index in [1.165, 1.54) is 18.6 Å². The molecule has 4 rings (SSSR count). The minimum Gasteiger partial charge on any atom is -0.344 e. The number of rotatable bonds is 9. The first kappa shape index (κ1) is 28.8. The zero-order valence-electron chi connectivity index (χ0n) is 21.4. The van der Waals surface area contributed by atoms with Crippen molar-refractivity contribution in [1.82, 2.24) is 25.2 Å². The van der Waals surface area contributed by atoms with E-state index in [0.29, 0.717) is 48.1 Å². The maximum absolute atomic E-state index is 14.0. The van der Waals surface area contributed by atoms with Crippen LogP contribution in [0.2, 0.25) is 0 Å². The molecule has 39 heavy (non-hydrogen) atoms. The Hall–Kier alpha value is -3.16. The molecule has 0 saturated heterocycles. The Morgan fingerprint density at radius 1 is 1.05 bits per heavy atom. The van der Waals surface area contributed by atoms with Crippen LogP contribution in [0.3, 0.4) is 0 Å². The van der Waals surface area contributed by atoms with Gasteiger partial charge in [0.1, 0.15) is 5.69 Å². The number of nitrogens with one attached hydrogen (secondary N) is 1. The molecule has 2 aromatic heterocycles. The first-order chi connectivity index (χ1) is 18.2. The third kappa shape index (κ3) is 7.08. The summed E-state index contributed by atoms with van der Waals surface area (Å²) in [5, 5.41) is 2.63. The number of hydrogen-bond acceptors (Lipinski definition) is 5. The van der Waals surface area contributed by atoms with Crippen LogP contribution in [0.25, 0.3) is 11.4 Å². The second kappa shape index (κ2) is 11.1. The highest BCUT2D eigenvalue weighted by Crippen LogP contribution is 2.39. The predicted molar refractivity (Wildman–Crippen MR) is 145 cm³/mol. The van der Waals surface area contributed by atoms with Gasteiger partial charge in [-0.05, 0) is 56.0 Å². The Labute approximate surface area is 236 Å². The summed E-state index contributed by atoms with van der Waals surface area (Å²) < 4.78 is 52.5. The number of halogens is 5. The van der Waals surface area contributed by atoms with Crippen molar-refractivity contribution >= 4 is 34.4 Å². The van der Waals surface area contributed by atoms with Crippen molar-refractivity contribution in [2.75, 3.05) is 13.6 Å². The van der Waals surface area contributed by atoms with Crippen molar-refractivity contribution in [3.05, 3.63) is 76.9 Å². The second-order valence-corrected chi connectivity index (χ2v) is 11.1. The lowest BCUT2D eigenvalue weighted by molar-refractivity contribution is 0.0170. The van der Waals surface area contributed by atoms with Gasteiger partial charge >= 0.3 is 3.93 Å². The predicted octanol–water partition coefficient (Wildman–Crippen LogP) is 6.11. The third-order valence-corrected chi connectivity index (χ3v) is 6.97. The molecule has 1 atom stereocenters. The summed E-state index contributed by atoms with van der Waals surface area (Å²) in [5.41, 5.74) is -0.264. The molecule has 1 fully saturated rings. The number of carbonyl (C=O) groups excluding carboxylic acids is 2. The normalized spacial score (nSPS) is 14.6. The molecular weight excluding hydrogens is 629 g/mol. The zero-order chi connectivity index (χ0) is 28.5. The van der Waals surface area contributed by atoms with Crippen LogP contribution in [0.1, 0.15) is 70.3 Å². The van der Waals surface area contributed by atoms with Crippen LogP contribution in [-0.2, 0) is 9.85 Å². The Morgan fingerprint density at radius 3 is 2.31 bits per heavy atom. The molecule has 1 aliphatic carbocycles. The van der Waals surface area contributed by atoms with Crippen molar-refractivity contribution in [2.24, 2.45) is 5.92 Å². The molecule has 1 unspecified atom stereocenters. The van der Waals surface area contributed by atoms with Crippen molar-refractivity contribution in [3.8, 4) is 11.4 Å². The molecule has 0 aliphatic heterocycles. The van der Waals surface area contributed by atoms with Gasteiger partial charge in [0.2, 0.25) is 0 Å². The van der Waals surface area contributed by atoms with Gasteiger partial charge in [-0.1, -0.05) is 0 Å². The highest BCUT2D eigenvalue weighted by Gasteiger charge is 2.33. The number of benzene rings is 1. The van der Waals surface area contributed by atoms with Gasteiger partial charge in [0.05, 0.1) is 23.0 Å². The monoisotopic (exact) mass is 655 g/mol. The van der Waals surface area contributed by atoms with E-state index in [1.807, 2.05) is 0 Å². The maximum atomic E-state index is 14.0. The SMILES string of the molecule is CC(NC(=O)c1cc(C(C)(F)F)cc(C(F)(F)I)c1)c1nccnc1-c1ccc(C(=O)N(C)CC2CC2)cn1. The number of alkyl halides is 5. The molecular formula is C27H26F4IN5O2. The van der Waals surface area contributed by atoms with Crippen LogP contribution in [0, 0.1) is 5.92 Å². The summed E-state index contributed by atoms with van der Waals surface area (Å²) in [6.45, 7) is 2.87. The van der Waals surface area contributed by atoms with Crippen LogP contribution < -0.4 is 5.32 Å². The molecule has 12 heteroatoms. The highest BCUT2D eigenvalue weighted by molar-refractivity contribution is 14.1. The van der Waals surface area contributed by atoms with Crippen LogP contribution in [0.4, 0.5) is 17.6 Å². The van der Waals surface area contributed by atoms with Crippen molar-refractivity contribution in [3.63, 3.8) is 0 Å². The van der Waals surface area contributed by atoms with Gasteiger partial charge in [0, 0.05) is 78.4 Å². The van der Waals surface area contributed by atoms with Gasteiger partial charge in [-0.25, -0.2) is 8.78 Å². The van der Waals surface area contributed by atoms with Gasteiger partial charge in [0.25, 0.3) is 17.7 Å². The smallest absolute Gasteiger partial charge is 0.321 e. The third-order valence-electron chi connectivity index (χ3n) is 6.34. The van der Waals surface area contributed by atoms with E-state index in [4.69, 9.17) is 0 Å². The molecule has 206 valence electrons. The van der Waals surface area contributed by atoms with E-state index < -0.39 is 32.9 Å². The number of nitrogens with zero attached hydrogens (tertiary/aromatic N) is 4. The maximum Gasteiger partial charge on any atom is 0.321 e. The number of carbonyl (C=O) groups is 2. The summed E-state index contributed by atoms with van der Waals surface area (Å²) in [7, 11) is 1.75. The Bertz CT molecular complexity index is 1340. The molecule has 1 aromatic carbocycles. The van der Waals surface area contributed by atoms with Crippen molar-refractivity contribution < 1.29 is 27.2 Å². The van der Waals surface area contributed by atoms with Crippen molar-refractivity contribution in [1.29, 1.82) is 0 Å². The minimum atomic E-state index is -3.45. The summed E-state index contributed by atoms with van der Waals surface area (Å²) in [6.07, 6.45) is 6.56. The van der Waals surface area contributed by atoms with Crippen LogP contribution in [0.5, 0.6) is 0 Å². The average Bonchev–Trinajstić information content (AvgIpc) is 3.71. The molecule has 2 heterocycles. The van der Waals surface area contributed by atoms with E-state index >= 15 is 0 Å². The lowest BCUT2D eigenvalue weighted by atomic mass is 10.0. The van der Waals surface area contributed by atoms with E-state index in [2.05, 4.69) is 20.3 Å². The molecule has 7 nitrogen and oxygen atoms in total. The van der Waals surface area contributed by atoms with E-state index in [0.717, 1.165) is 47.6 Å². The van der Waals surface area contributed by atoms with E-state index in [-0.39, 0.29) is 11.5 Å². The summed E-state index contributed by atoms with van der Waals surface area (Å²) in [5.74, 6) is -3.85. The minimum absolute atomic E-state index is 0.141. The average molecular weight is 655 g/mol. The molecule has 0 radical (unpaired) electrons. The standard InChI is InChI=1S/C27H26F4IN5O2/c1-15(36-24(38)18-10-19(26(2,28)29)12-20(11-18)27(30,31)32)22-23(34-9-8-33-22)21-7-6-17(13-35-21)25(39)37(3)14-16-4-5-16/h6-13,15-16H,4-5,14H2,1-3H3,(H,36,38). The topological polar surface area (TPSA) is 88.1 Å². The van der Waals surface area contributed by atoms with Crippen LogP contribution in [-0.4, -0.2) is 45.3 Å². The quantitative estimate of drug-likeness (QED) is 0.171. The van der Waals surface area contributed by atoms with E-state index in [1.54, 1.807) is 31.0 Å².